The normalized spacial score (nSPS) is 29.4. The molecule has 2 N–H and O–H groups in total. The molecule has 1 aliphatic rings. The number of hydrogen-bond donors (Lipinski definition) is 2. The number of carboxylic acids is 1. The quantitative estimate of drug-likeness (QED) is 0.646. The van der Waals surface area contributed by atoms with E-state index in [1.165, 1.54) is 0 Å². The molecule has 6 nitrogen and oxygen atoms in total. The van der Waals surface area contributed by atoms with Crippen LogP contribution in [0, 0.1) is 0 Å². The van der Waals surface area contributed by atoms with Crippen LogP contribution in [0.1, 0.15) is 25.7 Å². The van der Waals surface area contributed by atoms with Crippen LogP contribution in [-0.2, 0) is 19.4 Å². The lowest BCUT2D eigenvalue weighted by Crippen LogP contribution is -2.51. The minimum Gasteiger partial charge on any atom is -0.479 e. The van der Waals surface area contributed by atoms with Crippen LogP contribution in [-0.4, -0.2) is 54.9 Å². The summed E-state index contributed by atoms with van der Waals surface area (Å²) in [5.74, 6) is -1.23. The SMILES string of the molecule is CS(=O)(=O)C1CCCC1(OCCCO)C(=O)O. The lowest BCUT2D eigenvalue weighted by molar-refractivity contribution is -0.165. The summed E-state index contributed by atoms with van der Waals surface area (Å²) < 4.78 is 28.5. The molecule has 1 rings (SSSR count). The molecule has 17 heavy (non-hydrogen) atoms. The van der Waals surface area contributed by atoms with Crippen LogP contribution >= 0.6 is 0 Å². The summed E-state index contributed by atoms with van der Waals surface area (Å²) in [4.78, 5) is 11.3. The standard InChI is InChI=1S/C10H18O6S/c1-17(14,15)8-4-2-5-10(8,9(12)13)16-7-3-6-11/h8,11H,2-7H2,1H3,(H,12,13). The third-order valence-corrected chi connectivity index (χ3v) is 4.73. The zero-order valence-electron chi connectivity index (χ0n) is 9.76. The second-order valence-corrected chi connectivity index (χ2v) is 6.56. The molecule has 0 radical (unpaired) electrons. The lowest BCUT2D eigenvalue weighted by Gasteiger charge is -2.30. The highest BCUT2D eigenvalue weighted by atomic mass is 32.2. The Labute approximate surface area is 101 Å². The summed E-state index contributed by atoms with van der Waals surface area (Å²) in [5.41, 5.74) is -1.64. The Bertz CT molecular complexity index is 376. The number of carboxylic acid groups (broad SMARTS) is 1. The van der Waals surface area contributed by atoms with E-state index in [0.717, 1.165) is 6.26 Å². The van der Waals surface area contributed by atoms with Gasteiger partial charge >= 0.3 is 5.97 Å². The van der Waals surface area contributed by atoms with Gasteiger partial charge in [-0.05, 0) is 25.7 Å². The van der Waals surface area contributed by atoms with Gasteiger partial charge in [-0.25, -0.2) is 13.2 Å². The molecule has 2 atom stereocenters. The van der Waals surface area contributed by atoms with Crippen molar-refractivity contribution in [3.05, 3.63) is 0 Å². The predicted molar refractivity (Wildman–Crippen MR) is 60.5 cm³/mol. The van der Waals surface area contributed by atoms with E-state index in [2.05, 4.69) is 0 Å². The smallest absolute Gasteiger partial charge is 0.337 e. The van der Waals surface area contributed by atoms with Gasteiger partial charge in [0.15, 0.2) is 15.4 Å². The highest BCUT2D eigenvalue weighted by Gasteiger charge is 2.55. The van der Waals surface area contributed by atoms with Crippen LogP contribution in [0.15, 0.2) is 0 Å². The van der Waals surface area contributed by atoms with Gasteiger partial charge < -0.3 is 14.9 Å². The number of ether oxygens (including phenoxy) is 1. The molecule has 0 bridgehead atoms. The number of aliphatic hydroxyl groups is 1. The van der Waals surface area contributed by atoms with E-state index < -0.39 is 26.7 Å². The fourth-order valence-electron chi connectivity index (χ4n) is 2.29. The van der Waals surface area contributed by atoms with Crippen molar-refractivity contribution in [3.63, 3.8) is 0 Å². The maximum Gasteiger partial charge on any atom is 0.337 e. The number of hydrogen-bond acceptors (Lipinski definition) is 5. The van der Waals surface area contributed by atoms with E-state index in [0.29, 0.717) is 19.3 Å². The monoisotopic (exact) mass is 266 g/mol. The largest absolute Gasteiger partial charge is 0.479 e. The van der Waals surface area contributed by atoms with Crippen molar-refractivity contribution in [2.24, 2.45) is 0 Å². The summed E-state index contributed by atoms with van der Waals surface area (Å²) in [5, 5.41) is 16.9. The molecule has 0 amide bonds. The molecule has 1 aliphatic carbocycles. The van der Waals surface area contributed by atoms with Crippen LogP contribution in [0.5, 0.6) is 0 Å². The van der Waals surface area contributed by atoms with Gasteiger partial charge in [0.05, 0.1) is 6.61 Å². The maximum atomic E-state index is 11.6. The fraction of sp³-hybridized carbons (Fsp3) is 0.900. The van der Waals surface area contributed by atoms with E-state index >= 15 is 0 Å². The molecular weight excluding hydrogens is 248 g/mol. The minimum absolute atomic E-state index is 0.0504. The average molecular weight is 266 g/mol. The number of sulfone groups is 1. The number of aliphatic hydroxyl groups excluding tert-OH is 1. The Morgan fingerprint density at radius 2 is 2.18 bits per heavy atom. The van der Waals surface area contributed by atoms with Crippen molar-refractivity contribution in [3.8, 4) is 0 Å². The van der Waals surface area contributed by atoms with Gasteiger partial charge in [-0.1, -0.05) is 0 Å². The first-order valence-corrected chi connectivity index (χ1v) is 7.47. The first-order valence-electron chi connectivity index (χ1n) is 5.51. The molecule has 100 valence electrons. The summed E-state index contributed by atoms with van der Waals surface area (Å²) in [6.07, 6.45) is 2.36. The molecular formula is C10H18O6S. The van der Waals surface area contributed by atoms with Crippen molar-refractivity contribution in [2.45, 2.75) is 36.5 Å². The Kier molecular flexibility index (Phi) is 4.51. The number of rotatable bonds is 6. The molecule has 0 aromatic rings. The van der Waals surface area contributed by atoms with Crippen LogP contribution in [0.4, 0.5) is 0 Å². The highest BCUT2D eigenvalue weighted by Crippen LogP contribution is 2.38. The molecule has 2 unspecified atom stereocenters. The Balaban J connectivity index is 2.94. The van der Waals surface area contributed by atoms with E-state index in [4.69, 9.17) is 9.84 Å². The third-order valence-electron chi connectivity index (χ3n) is 3.08. The van der Waals surface area contributed by atoms with E-state index in [-0.39, 0.29) is 19.6 Å². The average Bonchev–Trinajstić information content (AvgIpc) is 2.63. The highest BCUT2D eigenvalue weighted by molar-refractivity contribution is 7.91. The Morgan fingerprint density at radius 1 is 1.53 bits per heavy atom. The molecule has 1 saturated carbocycles. The summed E-state index contributed by atoms with van der Waals surface area (Å²) in [6, 6.07) is 0. The summed E-state index contributed by atoms with van der Waals surface area (Å²) in [6.45, 7) is -0.0614. The van der Waals surface area contributed by atoms with Crippen LogP contribution in [0.25, 0.3) is 0 Å². The third kappa shape index (κ3) is 2.97. The Morgan fingerprint density at radius 3 is 2.65 bits per heavy atom. The molecule has 7 heteroatoms. The number of carbonyl (C=O) groups is 1. The molecule has 0 aromatic carbocycles. The number of aliphatic carboxylic acids is 1. The predicted octanol–water partition coefficient (Wildman–Crippen LogP) is -0.194. The van der Waals surface area contributed by atoms with Gasteiger partial charge in [-0.2, -0.15) is 0 Å². The molecule has 0 aliphatic heterocycles. The zero-order chi connectivity index (χ0) is 13.1. The van der Waals surface area contributed by atoms with Gasteiger partial charge in [0, 0.05) is 12.9 Å². The van der Waals surface area contributed by atoms with E-state index in [9.17, 15) is 18.3 Å². The van der Waals surface area contributed by atoms with Crippen molar-refractivity contribution < 1.29 is 28.2 Å². The topological polar surface area (TPSA) is 101 Å². The van der Waals surface area contributed by atoms with E-state index in [1.54, 1.807) is 0 Å². The first kappa shape index (κ1) is 14.4. The van der Waals surface area contributed by atoms with Crippen molar-refractivity contribution in [1.82, 2.24) is 0 Å². The molecule has 0 saturated heterocycles. The van der Waals surface area contributed by atoms with Crippen LogP contribution in [0.3, 0.4) is 0 Å². The molecule has 1 fully saturated rings. The van der Waals surface area contributed by atoms with Crippen molar-refractivity contribution in [2.75, 3.05) is 19.5 Å². The summed E-state index contributed by atoms with van der Waals surface area (Å²) in [7, 11) is -3.46. The van der Waals surface area contributed by atoms with Gasteiger partial charge in [0.25, 0.3) is 0 Å². The van der Waals surface area contributed by atoms with Gasteiger partial charge in [0.2, 0.25) is 0 Å². The van der Waals surface area contributed by atoms with Gasteiger partial charge in [0.1, 0.15) is 5.25 Å². The van der Waals surface area contributed by atoms with E-state index in [1.807, 2.05) is 0 Å². The van der Waals surface area contributed by atoms with Gasteiger partial charge in [-0.3, -0.25) is 0 Å². The second-order valence-electron chi connectivity index (χ2n) is 4.33. The molecule has 0 aromatic heterocycles. The molecule has 0 spiro atoms. The van der Waals surface area contributed by atoms with Crippen molar-refractivity contribution in [1.29, 1.82) is 0 Å². The summed E-state index contributed by atoms with van der Waals surface area (Å²) >= 11 is 0. The lowest BCUT2D eigenvalue weighted by atomic mass is 10.0. The molecule has 0 heterocycles. The Hall–Kier alpha value is -0.660. The fourth-order valence-corrected chi connectivity index (χ4v) is 3.87. The van der Waals surface area contributed by atoms with Crippen molar-refractivity contribution >= 4 is 15.8 Å². The van der Waals surface area contributed by atoms with Crippen LogP contribution in [0.2, 0.25) is 0 Å². The van der Waals surface area contributed by atoms with Crippen LogP contribution < -0.4 is 0 Å². The maximum absolute atomic E-state index is 11.6. The first-order chi connectivity index (χ1) is 7.84. The second kappa shape index (κ2) is 5.32. The zero-order valence-corrected chi connectivity index (χ0v) is 10.6. The minimum atomic E-state index is -3.46. The van der Waals surface area contributed by atoms with Gasteiger partial charge in [-0.15, -0.1) is 0 Å².